The Balaban J connectivity index is 2.32. The molecule has 2 rings (SSSR count). The minimum absolute atomic E-state index is 0.0423. The fraction of sp³-hybridized carbons (Fsp3) is 0. The standard InChI is InChI=1S/C12H5Cl3O4/c13-7-1-5(16)2-10(12(7)18)19-6-3-8(14)11(17)9(15)4-6/h1-4,17H. The van der Waals surface area contributed by atoms with Gasteiger partial charge in [0.25, 0.3) is 0 Å². The third-order valence-corrected chi connectivity index (χ3v) is 3.06. The van der Waals surface area contributed by atoms with Crippen LogP contribution < -0.4 is 4.74 Å². The molecule has 0 fully saturated rings. The quantitative estimate of drug-likeness (QED) is 0.850. The molecule has 0 saturated carbocycles. The van der Waals surface area contributed by atoms with Crippen LogP contribution in [0, 0.1) is 0 Å². The summed E-state index contributed by atoms with van der Waals surface area (Å²) in [6.07, 6.45) is 2.00. The number of phenols is 1. The molecule has 0 aromatic heterocycles. The normalized spacial score (nSPS) is 15.1. The molecule has 0 heterocycles. The third kappa shape index (κ3) is 2.92. The number of phenolic OH excluding ortho intramolecular Hbond substituents is 1. The fourth-order valence-corrected chi connectivity index (χ4v) is 2.02. The van der Waals surface area contributed by atoms with Gasteiger partial charge in [0, 0.05) is 24.3 Å². The van der Waals surface area contributed by atoms with Crippen LogP contribution in [-0.4, -0.2) is 16.7 Å². The van der Waals surface area contributed by atoms with E-state index in [0.29, 0.717) is 0 Å². The molecule has 0 radical (unpaired) electrons. The summed E-state index contributed by atoms with van der Waals surface area (Å²) in [6.45, 7) is 0. The van der Waals surface area contributed by atoms with Gasteiger partial charge in [-0.15, -0.1) is 0 Å². The van der Waals surface area contributed by atoms with E-state index in [0.717, 1.165) is 12.2 Å². The van der Waals surface area contributed by atoms with Crippen molar-refractivity contribution in [1.82, 2.24) is 0 Å². The molecule has 0 aliphatic heterocycles. The van der Waals surface area contributed by atoms with Gasteiger partial charge < -0.3 is 9.84 Å². The van der Waals surface area contributed by atoms with E-state index in [1.807, 2.05) is 0 Å². The highest BCUT2D eigenvalue weighted by molar-refractivity contribution is 6.47. The maximum Gasteiger partial charge on any atom is 0.239 e. The number of Topliss-reactive ketones (excluding diaryl/α,β-unsaturated/α-hetero) is 1. The average Bonchev–Trinajstić information content (AvgIpc) is 2.32. The average molecular weight is 320 g/mol. The zero-order valence-corrected chi connectivity index (χ0v) is 11.4. The molecule has 0 atom stereocenters. The predicted molar refractivity (Wildman–Crippen MR) is 70.8 cm³/mol. The smallest absolute Gasteiger partial charge is 0.239 e. The molecule has 1 aliphatic rings. The Hall–Kier alpha value is -1.49. The minimum atomic E-state index is -0.624. The predicted octanol–water partition coefficient (Wildman–Crippen LogP) is 3.24. The molecule has 1 aromatic rings. The lowest BCUT2D eigenvalue weighted by Gasteiger charge is -2.12. The molecular formula is C12H5Cl3O4. The van der Waals surface area contributed by atoms with Crippen molar-refractivity contribution in [2.24, 2.45) is 0 Å². The van der Waals surface area contributed by atoms with Gasteiger partial charge in [0.1, 0.15) is 5.75 Å². The van der Waals surface area contributed by atoms with Crippen LogP contribution in [0.1, 0.15) is 0 Å². The Morgan fingerprint density at radius 2 is 1.58 bits per heavy atom. The summed E-state index contributed by atoms with van der Waals surface area (Å²) in [7, 11) is 0. The number of carbonyl (C=O) groups is 2. The first-order valence-corrected chi connectivity index (χ1v) is 6.05. The Kier molecular flexibility index (Phi) is 3.85. The van der Waals surface area contributed by atoms with Gasteiger partial charge in [0.2, 0.25) is 5.78 Å². The molecule has 0 amide bonds. The second kappa shape index (κ2) is 5.25. The van der Waals surface area contributed by atoms with Crippen LogP contribution in [0.4, 0.5) is 0 Å². The van der Waals surface area contributed by atoms with Crippen molar-refractivity contribution in [3.05, 3.63) is 45.1 Å². The first-order valence-electron chi connectivity index (χ1n) is 4.92. The van der Waals surface area contributed by atoms with E-state index >= 15 is 0 Å². The highest BCUT2D eigenvalue weighted by Crippen LogP contribution is 2.36. The van der Waals surface area contributed by atoms with E-state index in [4.69, 9.17) is 39.5 Å². The highest BCUT2D eigenvalue weighted by atomic mass is 35.5. The number of hydrogen-bond acceptors (Lipinski definition) is 4. The van der Waals surface area contributed by atoms with Crippen molar-refractivity contribution in [2.45, 2.75) is 0 Å². The molecule has 1 N–H and O–H groups in total. The molecule has 0 saturated heterocycles. The van der Waals surface area contributed by atoms with Crippen LogP contribution in [-0.2, 0) is 9.59 Å². The lowest BCUT2D eigenvalue weighted by atomic mass is 10.1. The van der Waals surface area contributed by atoms with Crippen molar-refractivity contribution < 1.29 is 19.4 Å². The van der Waals surface area contributed by atoms with E-state index < -0.39 is 11.6 Å². The van der Waals surface area contributed by atoms with Crippen LogP contribution in [0.5, 0.6) is 11.5 Å². The number of ketones is 2. The van der Waals surface area contributed by atoms with E-state index in [9.17, 15) is 14.7 Å². The van der Waals surface area contributed by atoms with Gasteiger partial charge in [-0.3, -0.25) is 9.59 Å². The molecule has 98 valence electrons. The van der Waals surface area contributed by atoms with Gasteiger partial charge in [0.15, 0.2) is 17.3 Å². The molecule has 0 bridgehead atoms. The van der Waals surface area contributed by atoms with E-state index in [2.05, 4.69) is 0 Å². The van der Waals surface area contributed by atoms with Crippen molar-refractivity contribution in [3.63, 3.8) is 0 Å². The first-order chi connectivity index (χ1) is 8.88. The van der Waals surface area contributed by atoms with E-state index in [1.54, 1.807) is 0 Å². The molecule has 4 nitrogen and oxygen atoms in total. The summed E-state index contributed by atoms with van der Waals surface area (Å²) in [5.74, 6) is -1.52. The van der Waals surface area contributed by atoms with Gasteiger partial charge in [-0.2, -0.15) is 0 Å². The van der Waals surface area contributed by atoms with Crippen molar-refractivity contribution in [3.8, 4) is 11.5 Å². The molecular weight excluding hydrogens is 314 g/mol. The lowest BCUT2D eigenvalue weighted by Crippen LogP contribution is -2.15. The summed E-state index contributed by atoms with van der Waals surface area (Å²) in [5, 5.41) is 9.07. The largest absolute Gasteiger partial charge is 0.505 e. The van der Waals surface area contributed by atoms with Crippen molar-refractivity contribution >= 4 is 46.4 Å². The maximum absolute atomic E-state index is 11.7. The summed E-state index contributed by atoms with van der Waals surface area (Å²) in [4.78, 5) is 22.9. The van der Waals surface area contributed by atoms with Crippen LogP contribution in [0.3, 0.4) is 0 Å². The molecule has 19 heavy (non-hydrogen) atoms. The summed E-state index contributed by atoms with van der Waals surface area (Å²) in [5.41, 5.74) is 0. The first kappa shape index (κ1) is 13.9. The third-order valence-electron chi connectivity index (χ3n) is 2.20. The van der Waals surface area contributed by atoms with Crippen molar-refractivity contribution in [1.29, 1.82) is 0 Å². The molecule has 7 heteroatoms. The number of allylic oxidation sites excluding steroid dienone is 3. The highest BCUT2D eigenvalue weighted by Gasteiger charge is 2.23. The maximum atomic E-state index is 11.7. The number of ether oxygens (including phenoxy) is 1. The van der Waals surface area contributed by atoms with Gasteiger partial charge in [0.05, 0.1) is 15.1 Å². The second-order valence-corrected chi connectivity index (χ2v) is 4.79. The number of carbonyl (C=O) groups excluding carboxylic acids is 2. The number of aromatic hydroxyl groups is 1. The van der Waals surface area contributed by atoms with Crippen LogP contribution >= 0.6 is 34.8 Å². The summed E-state index contributed by atoms with van der Waals surface area (Å²) >= 11 is 17.0. The second-order valence-electron chi connectivity index (χ2n) is 3.57. The minimum Gasteiger partial charge on any atom is -0.505 e. The lowest BCUT2D eigenvalue weighted by molar-refractivity contribution is -0.116. The molecule has 0 spiro atoms. The van der Waals surface area contributed by atoms with E-state index in [-0.39, 0.29) is 32.3 Å². The van der Waals surface area contributed by atoms with E-state index in [1.165, 1.54) is 12.1 Å². The molecule has 0 unspecified atom stereocenters. The fourth-order valence-electron chi connectivity index (χ4n) is 1.35. The Morgan fingerprint density at radius 1 is 1.00 bits per heavy atom. The van der Waals surface area contributed by atoms with Crippen molar-refractivity contribution in [2.75, 3.05) is 0 Å². The number of rotatable bonds is 2. The SMILES string of the molecule is O=C1C=C(Cl)C(=O)C(Oc2cc(Cl)c(O)c(Cl)c2)=C1. The van der Waals surface area contributed by atoms with Gasteiger partial charge in [-0.1, -0.05) is 34.8 Å². The van der Waals surface area contributed by atoms with Crippen LogP contribution in [0.2, 0.25) is 10.0 Å². The number of halogens is 3. The number of benzene rings is 1. The van der Waals surface area contributed by atoms with Crippen LogP contribution in [0.15, 0.2) is 35.1 Å². The zero-order chi connectivity index (χ0) is 14.2. The molecule has 1 aliphatic carbocycles. The molecule has 1 aromatic carbocycles. The van der Waals surface area contributed by atoms with Crippen LogP contribution in [0.25, 0.3) is 0 Å². The number of hydrogen-bond donors (Lipinski definition) is 1. The van der Waals surface area contributed by atoms with Gasteiger partial charge in [-0.05, 0) is 0 Å². The Morgan fingerprint density at radius 3 is 2.16 bits per heavy atom. The summed E-state index contributed by atoms with van der Waals surface area (Å²) in [6, 6.07) is 2.52. The monoisotopic (exact) mass is 318 g/mol. The topological polar surface area (TPSA) is 63.6 Å². The summed E-state index contributed by atoms with van der Waals surface area (Å²) < 4.78 is 5.21. The Labute approximate surface area is 122 Å². The Bertz CT molecular complexity index is 623. The van der Waals surface area contributed by atoms with Gasteiger partial charge in [-0.25, -0.2) is 0 Å². The van der Waals surface area contributed by atoms with Gasteiger partial charge >= 0.3 is 0 Å². The zero-order valence-electron chi connectivity index (χ0n) is 9.12.